The van der Waals surface area contributed by atoms with E-state index in [-0.39, 0.29) is 9.99 Å². The molecule has 0 spiro atoms. The molecule has 0 saturated carbocycles. The second kappa shape index (κ2) is 3.16. The summed E-state index contributed by atoms with van der Waals surface area (Å²) >= 11 is 2.75. The number of benzene rings is 1. The summed E-state index contributed by atoms with van der Waals surface area (Å²) in [6, 6.07) is 3.74. The summed E-state index contributed by atoms with van der Waals surface area (Å²) in [5, 5.41) is 0.322. The minimum absolute atomic E-state index is 0.00535. The molecule has 0 amide bonds. The molecule has 2 rings (SSSR count). The topological polar surface area (TPSA) is 32.9 Å². The van der Waals surface area contributed by atoms with Crippen molar-refractivity contribution in [3.8, 4) is 0 Å². The van der Waals surface area contributed by atoms with Crippen LogP contribution in [-0.2, 0) is 0 Å². The summed E-state index contributed by atoms with van der Waals surface area (Å²) in [4.78, 5) is 13.2. The van der Waals surface area contributed by atoms with E-state index < -0.39 is 17.2 Å². The van der Waals surface area contributed by atoms with Gasteiger partial charge >= 0.3 is 0 Å². The van der Waals surface area contributed by atoms with Crippen LogP contribution in [0.1, 0.15) is 0 Å². The fourth-order valence-electron chi connectivity index (χ4n) is 1.20. The van der Waals surface area contributed by atoms with Gasteiger partial charge in [0.1, 0.15) is 5.82 Å². The van der Waals surface area contributed by atoms with Gasteiger partial charge in [-0.25, -0.2) is 8.78 Å². The maximum absolute atomic E-state index is 13.4. The Morgan fingerprint density at radius 3 is 2.71 bits per heavy atom. The molecule has 0 aliphatic heterocycles. The largest absolute Gasteiger partial charge is 0.319 e. The number of fused-ring (bicyclic) bond motifs is 1. The quantitative estimate of drug-likeness (QED) is 0.725. The van der Waals surface area contributed by atoms with Gasteiger partial charge in [0.05, 0.1) is 9.99 Å². The van der Waals surface area contributed by atoms with Gasteiger partial charge in [-0.05, 0) is 28.1 Å². The first-order valence-electron chi connectivity index (χ1n) is 3.76. The van der Waals surface area contributed by atoms with Crippen molar-refractivity contribution in [1.29, 1.82) is 0 Å². The summed E-state index contributed by atoms with van der Waals surface area (Å²) in [6.07, 6.45) is 0. The summed E-state index contributed by atoms with van der Waals surface area (Å²) < 4.78 is 26.1. The van der Waals surface area contributed by atoms with Crippen LogP contribution in [0.2, 0.25) is 0 Å². The first-order chi connectivity index (χ1) is 6.59. The molecule has 0 radical (unpaired) electrons. The number of aromatic amines is 1. The average molecular weight is 260 g/mol. The Labute approximate surface area is 85.7 Å². The van der Waals surface area contributed by atoms with Crippen molar-refractivity contribution < 1.29 is 8.78 Å². The third kappa shape index (κ3) is 1.33. The smallest absolute Gasteiger partial charge is 0.248 e. The van der Waals surface area contributed by atoms with Crippen LogP contribution >= 0.6 is 15.9 Å². The van der Waals surface area contributed by atoms with Crippen molar-refractivity contribution in [1.82, 2.24) is 4.98 Å². The Morgan fingerprint density at radius 1 is 1.29 bits per heavy atom. The van der Waals surface area contributed by atoms with Crippen LogP contribution in [0.15, 0.2) is 27.5 Å². The maximum Gasteiger partial charge on any atom is 0.248 e. The zero-order valence-electron chi connectivity index (χ0n) is 6.77. The van der Waals surface area contributed by atoms with Gasteiger partial charge in [0.25, 0.3) is 0 Å². The van der Waals surface area contributed by atoms with Gasteiger partial charge in [0, 0.05) is 11.5 Å². The monoisotopic (exact) mass is 259 g/mol. The Balaban J connectivity index is 2.99. The summed E-state index contributed by atoms with van der Waals surface area (Å²) in [6.45, 7) is 0. The molecule has 1 aromatic carbocycles. The second-order valence-electron chi connectivity index (χ2n) is 2.77. The highest BCUT2D eigenvalue weighted by Crippen LogP contribution is 2.25. The van der Waals surface area contributed by atoms with Crippen molar-refractivity contribution in [2.45, 2.75) is 0 Å². The van der Waals surface area contributed by atoms with Gasteiger partial charge in [-0.3, -0.25) is 4.79 Å². The second-order valence-corrected chi connectivity index (χ2v) is 3.57. The number of pyridine rings is 1. The predicted octanol–water partition coefficient (Wildman–Crippen LogP) is 2.57. The number of nitrogens with one attached hydrogen (secondary N) is 1. The molecule has 2 nitrogen and oxygen atoms in total. The molecule has 0 aliphatic rings. The Hall–Kier alpha value is -1.23. The van der Waals surface area contributed by atoms with E-state index in [2.05, 4.69) is 20.9 Å². The van der Waals surface area contributed by atoms with Crippen molar-refractivity contribution in [3.05, 3.63) is 44.7 Å². The number of rotatable bonds is 0. The third-order valence-electron chi connectivity index (χ3n) is 1.86. The summed E-state index contributed by atoms with van der Waals surface area (Å²) in [5.41, 5.74) is -0.416. The van der Waals surface area contributed by atoms with E-state index >= 15 is 0 Å². The standard InChI is InChI=1S/C9H4BrF2NO/c10-7-5(11)3-4-1-2-6(14)13-9(4)8(7)12/h1-3H,(H,13,14). The van der Waals surface area contributed by atoms with E-state index in [9.17, 15) is 13.6 Å². The molecule has 0 fully saturated rings. The fraction of sp³-hybridized carbons (Fsp3) is 0. The van der Waals surface area contributed by atoms with Crippen LogP contribution in [0.25, 0.3) is 10.9 Å². The van der Waals surface area contributed by atoms with Crippen LogP contribution in [0.4, 0.5) is 8.78 Å². The Morgan fingerprint density at radius 2 is 2.00 bits per heavy atom. The number of hydrogen-bond donors (Lipinski definition) is 1. The van der Waals surface area contributed by atoms with Crippen LogP contribution < -0.4 is 5.56 Å². The summed E-state index contributed by atoms with van der Waals surface area (Å²) in [7, 11) is 0. The van der Waals surface area contributed by atoms with E-state index in [0.717, 1.165) is 6.07 Å². The van der Waals surface area contributed by atoms with Crippen molar-refractivity contribution >= 4 is 26.8 Å². The van der Waals surface area contributed by atoms with E-state index in [1.165, 1.54) is 12.1 Å². The van der Waals surface area contributed by atoms with E-state index in [0.29, 0.717) is 5.39 Å². The van der Waals surface area contributed by atoms with Crippen molar-refractivity contribution in [2.24, 2.45) is 0 Å². The highest BCUT2D eigenvalue weighted by Gasteiger charge is 2.11. The number of hydrogen-bond acceptors (Lipinski definition) is 1. The molecule has 1 aromatic heterocycles. The van der Waals surface area contributed by atoms with E-state index in [1.54, 1.807) is 0 Å². The molecule has 5 heteroatoms. The molecule has 14 heavy (non-hydrogen) atoms. The average Bonchev–Trinajstić information content (AvgIpc) is 2.16. The van der Waals surface area contributed by atoms with Crippen molar-refractivity contribution in [3.63, 3.8) is 0 Å². The van der Waals surface area contributed by atoms with Gasteiger partial charge in [0.2, 0.25) is 5.56 Å². The molecule has 0 bridgehead atoms. The molecule has 1 N–H and O–H groups in total. The molecule has 1 heterocycles. The van der Waals surface area contributed by atoms with Crippen molar-refractivity contribution in [2.75, 3.05) is 0 Å². The Bertz CT molecular complexity index is 564. The normalized spacial score (nSPS) is 10.8. The minimum atomic E-state index is -0.794. The van der Waals surface area contributed by atoms with Crippen LogP contribution in [-0.4, -0.2) is 4.98 Å². The summed E-state index contributed by atoms with van der Waals surface area (Å²) in [5.74, 6) is -1.49. The zero-order valence-corrected chi connectivity index (χ0v) is 8.36. The lowest BCUT2D eigenvalue weighted by molar-refractivity contribution is 0.579. The molecule has 0 atom stereocenters. The van der Waals surface area contributed by atoms with Crippen LogP contribution in [0.5, 0.6) is 0 Å². The lowest BCUT2D eigenvalue weighted by Crippen LogP contribution is -2.04. The highest BCUT2D eigenvalue weighted by atomic mass is 79.9. The molecular formula is C9H4BrF2NO. The van der Waals surface area contributed by atoms with Gasteiger partial charge in [-0.15, -0.1) is 0 Å². The van der Waals surface area contributed by atoms with Gasteiger partial charge in [0.15, 0.2) is 5.82 Å². The van der Waals surface area contributed by atoms with Crippen LogP contribution in [0.3, 0.4) is 0 Å². The molecule has 0 saturated heterocycles. The lowest BCUT2D eigenvalue weighted by atomic mass is 10.2. The maximum atomic E-state index is 13.4. The number of H-pyrrole nitrogens is 1. The zero-order chi connectivity index (χ0) is 10.3. The van der Waals surface area contributed by atoms with Gasteiger partial charge in [-0.1, -0.05) is 0 Å². The van der Waals surface area contributed by atoms with Crippen LogP contribution in [0, 0.1) is 11.6 Å². The SMILES string of the molecule is O=c1ccc2cc(F)c(Br)c(F)c2[nH]1. The molecule has 2 aromatic rings. The first kappa shape index (κ1) is 9.33. The molecule has 0 aliphatic carbocycles. The van der Waals surface area contributed by atoms with E-state index in [4.69, 9.17) is 0 Å². The molecular weight excluding hydrogens is 256 g/mol. The number of halogens is 3. The molecule has 72 valence electrons. The minimum Gasteiger partial charge on any atom is -0.319 e. The molecule has 0 unspecified atom stereocenters. The number of aromatic nitrogens is 1. The third-order valence-corrected chi connectivity index (χ3v) is 2.58. The highest BCUT2D eigenvalue weighted by molar-refractivity contribution is 9.10. The van der Waals surface area contributed by atoms with Gasteiger partial charge in [-0.2, -0.15) is 0 Å². The van der Waals surface area contributed by atoms with Gasteiger partial charge < -0.3 is 4.98 Å². The lowest BCUT2D eigenvalue weighted by Gasteiger charge is -2.01. The van der Waals surface area contributed by atoms with E-state index in [1.807, 2.05) is 0 Å². The Kier molecular flexibility index (Phi) is 2.11. The predicted molar refractivity (Wildman–Crippen MR) is 52.2 cm³/mol. The first-order valence-corrected chi connectivity index (χ1v) is 4.55. The fourth-order valence-corrected chi connectivity index (χ4v) is 1.51.